The SMILES string of the molecule is CCCNC(CCCS(=O)(=O)C(C)(C)C)CC(C)C. The molecular formula is C15H33NO2S. The van der Waals surface area contributed by atoms with Crippen LogP contribution < -0.4 is 5.32 Å². The molecule has 0 saturated carbocycles. The lowest BCUT2D eigenvalue weighted by molar-refractivity contribution is 0.395. The van der Waals surface area contributed by atoms with Crippen LogP contribution in [0.1, 0.15) is 67.2 Å². The third kappa shape index (κ3) is 7.93. The van der Waals surface area contributed by atoms with Crippen molar-refractivity contribution in [1.82, 2.24) is 5.32 Å². The minimum atomic E-state index is -2.97. The molecule has 0 fully saturated rings. The van der Waals surface area contributed by atoms with Crippen molar-refractivity contribution in [2.75, 3.05) is 12.3 Å². The second-order valence-electron chi connectivity index (χ2n) is 6.85. The maximum absolute atomic E-state index is 12.0. The van der Waals surface area contributed by atoms with Crippen molar-refractivity contribution in [1.29, 1.82) is 0 Å². The summed E-state index contributed by atoms with van der Waals surface area (Å²) in [5.74, 6) is 0.951. The lowest BCUT2D eigenvalue weighted by atomic mass is 10.00. The summed E-state index contributed by atoms with van der Waals surface area (Å²) >= 11 is 0. The molecule has 116 valence electrons. The monoisotopic (exact) mass is 291 g/mol. The van der Waals surface area contributed by atoms with Crippen LogP contribution in [0, 0.1) is 5.92 Å². The van der Waals surface area contributed by atoms with E-state index in [4.69, 9.17) is 0 Å². The van der Waals surface area contributed by atoms with Gasteiger partial charge in [0.2, 0.25) is 0 Å². The van der Waals surface area contributed by atoms with Gasteiger partial charge in [-0.05, 0) is 58.9 Å². The van der Waals surface area contributed by atoms with Gasteiger partial charge in [0.25, 0.3) is 0 Å². The summed E-state index contributed by atoms with van der Waals surface area (Å²) in [5.41, 5.74) is 0. The van der Waals surface area contributed by atoms with Crippen molar-refractivity contribution in [2.45, 2.75) is 78.0 Å². The first-order valence-electron chi connectivity index (χ1n) is 7.55. The highest BCUT2D eigenvalue weighted by Crippen LogP contribution is 2.18. The molecule has 0 aromatic heterocycles. The molecule has 1 unspecified atom stereocenters. The van der Waals surface area contributed by atoms with Crippen molar-refractivity contribution in [2.24, 2.45) is 5.92 Å². The van der Waals surface area contributed by atoms with E-state index in [2.05, 4.69) is 26.1 Å². The first-order chi connectivity index (χ1) is 8.60. The first-order valence-corrected chi connectivity index (χ1v) is 9.21. The number of rotatable bonds is 9. The molecule has 0 aromatic rings. The van der Waals surface area contributed by atoms with E-state index in [0.717, 1.165) is 32.2 Å². The first kappa shape index (κ1) is 18.9. The molecule has 0 bridgehead atoms. The Morgan fingerprint density at radius 1 is 1.16 bits per heavy atom. The van der Waals surface area contributed by atoms with Gasteiger partial charge in [0.1, 0.15) is 0 Å². The standard InChI is InChI=1S/C15H33NO2S/c1-7-10-16-14(12-13(2)3)9-8-11-19(17,18)15(4,5)6/h13-14,16H,7-12H2,1-6H3. The van der Waals surface area contributed by atoms with Crippen molar-refractivity contribution < 1.29 is 8.42 Å². The molecule has 0 aliphatic rings. The van der Waals surface area contributed by atoms with Gasteiger partial charge >= 0.3 is 0 Å². The van der Waals surface area contributed by atoms with Gasteiger partial charge in [-0.3, -0.25) is 0 Å². The van der Waals surface area contributed by atoms with Crippen molar-refractivity contribution in [3.8, 4) is 0 Å². The maximum atomic E-state index is 12.0. The van der Waals surface area contributed by atoms with Gasteiger partial charge in [-0.2, -0.15) is 0 Å². The normalized spacial score (nSPS) is 14.9. The Hall–Kier alpha value is -0.0900. The third-order valence-corrected chi connectivity index (χ3v) is 6.03. The predicted octanol–water partition coefficient (Wildman–Crippen LogP) is 3.39. The number of nitrogens with one attached hydrogen (secondary N) is 1. The average molecular weight is 292 g/mol. The molecule has 1 N–H and O–H groups in total. The summed E-state index contributed by atoms with van der Waals surface area (Å²) in [5, 5.41) is 3.53. The summed E-state index contributed by atoms with van der Waals surface area (Å²) in [6.45, 7) is 12.9. The lowest BCUT2D eigenvalue weighted by Crippen LogP contribution is -2.33. The molecule has 0 saturated heterocycles. The van der Waals surface area contributed by atoms with Crippen LogP contribution in [0.3, 0.4) is 0 Å². The van der Waals surface area contributed by atoms with E-state index >= 15 is 0 Å². The summed E-state index contributed by atoms with van der Waals surface area (Å²) in [7, 11) is -2.97. The molecule has 0 amide bonds. The van der Waals surface area contributed by atoms with E-state index < -0.39 is 14.6 Å². The number of sulfone groups is 1. The lowest BCUT2D eigenvalue weighted by Gasteiger charge is -2.22. The number of hydrogen-bond acceptors (Lipinski definition) is 3. The van der Waals surface area contributed by atoms with Crippen LogP contribution in [0.25, 0.3) is 0 Å². The Morgan fingerprint density at radius 2 is 1.74 bits per heavy atom. The molecule has 4 heteroatoms. The Kier molecular flexibility index (Phi) is 8.21. The van der Waals surface area contributed by atoms with E-state index in [0.29, 0.717) is 17.7 Å². The summed E-state index contributed by atoms with van der Waals surface area (Å²) in [6.07, 6.45) is 3.95. The summed E-state index contributed by atoms with van der Waals surface area (Å²) < 4.78 is 23.5. The Balaban J connectivity index is 4.25. The molecule has 0 radical (unpaired) electrons. The average Bonchev–Trinajstić information content (AvgIpc) is 2.23. The predicted molar refractivity (Wildman–Crippen MR) is 84.3 cm³/mol. The molecule has 0 aliphatic heterocycles. The van der Waals surface area contributed by atoms with Gasteiger partial charge in [-0.25, -0.2) is 8.42 Å². The van der Waals surface area contributed by atoms with Gasteiger partial charge in [0, 0.05) is 6.04 Å². The van der Waals surface area contributed by atoms with Gasteiger partial charge in [0.15, 0.2) is 9.84 Å². The van der Waals surface area contributed by atoms with E-state index in [1.165, 1.54) is 0 Å². The van der Waals surface area contributed by atoms with Gasteiger partial charge in [-0.1, -0.05) is 20.8 Å². The molecule has 0 rings (SSSR count). The highest BCUT2D eigenvalue weighted by atomic mass is 32.2. The minimum absolute atomic E-state index is 0.304. The van der Waals surface area contributed by atoms with Gasteiger partial charge in [0.05, 0.1) is 10.5 Å². The minimum Gasteiger partial charge on any atom is -0.314 e. The quantitative estimate of drug-likeness (QED) is 0.708. The van der Waals surface area contributed by atoms with Crippen LogP contribution in [0.2, 0.25) is 0 Å². The van der Waals surface area contributed by atoms with Gasteiger partial charge < -0.3 is 5.32 Å². The molecule has 1 atom stereocenters. The topological polar surface area (TPSA) is 46.2 Å². The van der Waals surface area contributed by atoms with Crippen molar-refractivity contribution >= 4 is 9.84 Å². The zero-order chi connectivity index (χ0) is 15.1. The van der Waals surface area contributed by atoms with Crippen LogP contribution in [-0.4, -0.2) is 31.5 Å². The van der Waals surface area contributed by atoms with E-state index in [1.807, 2.05) is 0 Å². The van der Waals surface area contributed by atoms with Crippen LogP contribution in [0.4, 0.5) is 0 Å². The highest BCUT2D eigenvalue weighted by Gasteiger charge is 2.28. The molecule has 0 aromatic carbocycles. The van der Waals surface area contributed by atoms with Crippen LogP contribution in [-0.2, 0) is 9.84 Å². The van der Waals surface area contributed by atoms with E-state index in [-0.39, 0.29) is 0 Å². The largest absolute Gasteiger partial charge is 0.314 e. The smallest absolute Gasteiger partial charge is 0.155 e. The molecule has 0 spiro atoms. The molecule has 3 nitrogen and oxygen atoms in total. The molecule has 0 aliphatic carbocycles. The van der Waals surface area contributed by atoms with E-state index in [1.54, 1.807) is 20.8 Å². The fourth-order valence-electron chi connectivity index (χ4n) is 2.05. The Bertz CT molecular complexity index is 329. The van der Waals surface area contributed by atoms with Crippen molar-refractivity contribution in [3.05, 3.63) is 0 Å². The highest BCUT2D eigenvalue weighted by molar-refractivity contribution is 7.92. The Labute approximate surface area is 120 Å². The Morgan fingerprint density at radius 3 is 2.16 bits per heavy atom. The zero-order valence-corrected chi connectivity index (χ0v) is 14.4. The second-order valence-corrected chi connectivity index (χ2v) is 9.72. The zero-order valence-electron chi connectivity index (χ0n) is 13.6. The maximum Gasteiger partial charge on any atom is 0.155 e. The second kappa shape index (κ2) is 8.25. The summed E-state index contributed by atoms with van der Waals surface area (Å²) in [4.78, 5) is 0. The number of hydrogen-bond donors (Lipinski definition) is 1. The molecule has 0 heterocycles. The third-order valence-electron chi connectivity index (χ3n) is 3.34. The van der Waals surface area contributed by atoms with E-state index in [9.17, 15) is 8.42 Å². The fraction of sp³-hybridized carbons (Fsp3) is 1.00. The summed E-state index contributed by atoms with van der Waals surface area (Å²) in [6, 6.07) is 0.454. The van der Waals surface area contributed by atoms with Crippen LogP contribution in [0.15, 0.2) is 0 Å². The fourth-order valence-corrected chi connectivity index (χ4v) is 3.21. The molecule has 19 heavy (non-hydrogen) atoms. The van der Waals surface area contributed by atoms with Crippen LogP contribution >= 0.6 is 0 Å². The van der Waals surface area contributed by atoms with Crippen molar-refractivity contribution in [3.63, 3.8) is 0 Å². The van der Waals surface area contributed by atoms with Gasteiger partial charge in [-0.15, -0.1) is 0 Å². The molecular weight excluding hydrogens is 258 g/mol. The van der Waals surface area contributed by atoms with Crippen LogP contribution in [0.5, 0.6) is 0 Å².